The second-order valence-electron chi connectivity index (χ2n) is 13.3. The predicted molar refractivity (Wildman–Crippen MR) is 224 cm³/mol. The molecule has 8 nitrogen and oxygen atoms in total. The normalized spacial score (nSPS) is 11.8. The molecule has 0 radical (unpaired) electrons. The van der Waals surface area contributed by atoms with Crippen LogP contribution < -0.4 is 14.9 Å². The molecule has 56 heavy (non-hydrogen) atoms. The number of rotatable bonds is 7. The molecule has 264 valence electrons. The minimum absolute atomic E-state index is 0. The van der Waals surface area contributed by atoms with Gasteiger partial charge in [-0.15, -0.1) is 22.1 Å². The molecule has 0 aliphatic carbocycles. The summed E-state index contributed by atoms with van der Waals surface area (Å²) in [4.78, 5) is 33.2. The van der Waals surface area contributed by atoms with Gasteiger partial charge in [0.2, 0.25) is 0 Å². The van der Waals surface area contributed by atoms with Crippen LogP contribution in [0, 0.1) is 17.0 Å². The number of aromatic nitrogens is 4. The zero-order valence-electron chi connectivity index (χ0n) is 30.5. The van der Waals surface area contributed by atoms with E-state index in [-0.39, 0.29) is 25.2 Å². The molecule has 2 aliphatic rings. The fourth-order valence-corrected chi connectivity index (χ4v) is 6.83. The molecule has 0 fully saturated rings. The van der Waals surface area contributed by atoms with E-state index in [9.17, 15) is 10.1 Å². The van der Waals surface area contributed by atoms with Crippen molar-refractivity contribution in [2.75, 3.05) is 4.90 Å². The predicted octanol–water partition coefficient (Wildman–Crippen LogP) is 11.4. The molecule has 2 aliphatic heterocycles. The van der Waals surface area contributed by atoms with Crippen LogP contribution >= 0.6 is 0 Å². The summed E-state index contributed by atoms with van der Waals surface area (Å²) in [6.45, 7) is 2.09. The molecule has 0 saturated carbocycles. The SMILES string of the molecule is Cc1ccc(N(c2ccccc2)c2ccc(/C=C/c3c4nc(c(-c5ccc([N+](=O)[O-])cc5)c5ccc(cc6nc(cc7ccc3[n-]7)C=C6)[n-]5)C=C4)cc2)cc1.[Zn+2]. The van der Waals surface area contributed by atoms with E-state index in [2.05, 4.69) is 96.8 Å². The molecule has 4 aromatic carbocycles. The third kappa shape index (κ3) is 7.41. The van der Waals surface area contributed by atoms with Crippen LogP contribution in [0.4, 0.5) is 22.7 Å². The molecule has 9 rings (SSSR count). The van der Waals surface area contributed by atoms with Crippen molar-refractivity contribution in [3.05, 3.63) is 189 Å². The van der Waals surface area contributed by atoms with E-state index in [1.54, 1.807) is 12.1 Å². The molecule has 3 aromatic heterocycles. The van der Waals surface area contributed by atoms with Gasteiger partial charge < -0.3 is 14.9 Å². The smallest absolute Gasteiger partial charge is 0.657 e. The molecule has 0 atom stereocenters. The Balaban J connectivity index is 0.00000441. The van der Waals surface area contributed by atoms with Crippen molar-refractivity contribution in [1.82, 2.24) is 19.9 Å². The number of anilines is 3. The van der Waals surface area contributed by atoms with E-state index in [1.807, 2.05) is 66.8 Å². The quantitative estimate of drug-likeness (QED) is 0.0902. The van der Waals surface area contributed by atoms with Crippen LogP contribution in [0.5, 0.6) is 0 Å². The molecule has 9 heteroatoms. The third-order valence-electron chi connectivity index (χ3n) is 9.57. The van der Waals surface area contributed by atoms with Gasteiger partial charge in [0, 0.05) is 29.2 Å². The Morgan fingerprint density at radius 2 is 1.20 bits per heavy atom. The van der Waals surface area contributed by atoms with Gasteiger partial charge in [0.15, 0.2) is 0 Å². The summed E-state index contributed by atoms with van der Waals surface area (Å²) in [5, 5.41) is 11.5. The van der Waals surface area contributed by atoms with Crippen molar-refractivity contribution in [3.63, 3.8) is 0 Å². The number of para-hydroxylation sites is 1. The minimum atomic E-state index is -0.399. The second kappa shape index (κ2) is 15.4. The molecule has 7 aromatic rings. The zero-order valence-corrected chi connectivity index (χ0v) is 33.4. The van der Waals surface area contributed by atoms with Crippen LogP contribution in [0.2, 0.25) is 0 Å². The monoisotopic (exact) mass is 776 g/mol. The van der Waals surface area contributed by atoms with Gasteiger partial charge in [-0.3, -0.25) is 10.1 Å². The molecule has 8 bridgehead atoms. The molecule has 0 spiro atoms. The summed E-state index contributed by atoms with van der Waals surface area (Å²) in [6, 6.07) is 45.7. The van der Waals surface area contributed by atoms with Gasteiger partial charge in [-0.2, -0.15) is 0 Å². The number of benzene rings is 4. The Bertz CT molecular complexity index is 2840. The summed E-state index contributed by atoms with van der Waals surface area (Å²) in [7, 11) is 0. The number of hydrogen-bond acceptors (Lipinski definition) is 5. The molecule has 0 saturated heterocycles. The number of hydrogen-bond donors (Lipinski definition) is 0. The molecule has 0 N–H and O–H groups in total. The zero-order chi connectivity index (χ0) is 37.3. The maximum Gasteiger partial charge on any atom is 2.00 e. The molecule has 0 amide bonds. The summed E-state index contributed by atoms with van der Waals surface area (Å²) in [6.07, 6.45) is 12.0. The maximum absolute atomic E-state index is 11.5. The number of aryl methyl sites for hydroxylation is 1. The molecular formula is C47H32N6O2Zn. The minimum Gasteiger partial charge on any atom is -0.657 e. The van der Waals surface area contributed by atoms with Crippen molar-refractivity contribution in [2.24, 2.45) is 0 Å². The summed E-state index contributed by atoms with van der Waals surface area (Å²) in [5.74, 6) is 0. The Morgan fingerprint density at radius 3 is 1.86 bits per heavy atom. The van der Waals surface area contributed by atoms with E-state index in [0.717, 1.165) is 72.9 Å². The van der Waals surface area contributed by atoms with Crippen LogP contribution in [0.15, 0.2) is 140 Å². The molecular weight excluding hydrogens is 746 g/mol. The van der Waals surface area contributed by atoms with Gasteiger partial charge in [0.05, 0.1) is 27.7 Å². The third-order valence-corrected chi connectivity index (χ3v) is 9.57. The first-order valence-electron chi connectivity index (χ1n) is 17.9. The van der Waals surface area contributed by atoms with Crippen LogP contribution in [-0.2, 0) is 19.5 Å². The van der Waals surface area contributed by atoms with E-state index in [1.165, 1.54) is 17.7 Å². The van der Waals surface area contributed by atoms with E-state index >= 15 is 0 Å². The first-order chi connectivity index (χ1) is 26.9. The van der Waals surface area contributed by atoms with Crippen molar-refractivity contribution < 1.29 is 24.4 Å². The fourth-order valence-electron chi connectivity index (χ4n) is 6.83. The Morgan fingerprint density at radius 1 is 0.607 bits per heavy atom. The van der Waals surface area contributed by atoms with Crippen LogP contribution in [0.1, 0.15) is 39.5 Å². The van der Waals surface area contributed by atoms with Gasteiger partial charge in [0.1, 0.15) is 0 Å². The van der Waals surface area contributed by atoms with E-state index in [0.29, 0.717) is 11.2 Å². The van der Waals surface area contributed by atoms with E-state index < -0.39 is 4.92 Å². The summed E-state index contributed by atoms with van der Waals surface area (Å²) >= 11 is 0. The van der Waals surface area contributed by atoms with Crippen LogP contribution in [0.3, 0.4) is 0 Å². The van der Waals surface area contributed by atoms with Gasteiger partial charge in [0.25, 0.3) is 5.69 Å². The summed E-state index contributed by atoms with van der Waals surface area (Å²) in [5.41, 5.74) is 13.9. The average Bonchev–Trinajstić information content (AvgIpc) is 4.05. The molecule has 0 unspecified atom stereocenters. The number of nitro benzene ring substituents is 1. The largest absolute Gasteiger partial charge is 2.00 e. The van der Waals surface area contributed by atoms with Crippen LogP contribution in [-0.4, -0.2) is 14.9 Å². The number of nitro groups is 1. The van der Waals surface area contributed by atoms with Gasteiger partial charge in [-0.05, 0) is 102 Å². The fraction of sp³-hybridized carbons (Fsp3) is 0.0213. The number of fused-ring (bicyclic) bond motifs is 8. The standard InChI is InChI=1S/C47H32N6O2.Zn/c1-31-7-18-39(19-8-31)52(38-5-3-2-4-6-38)40-20-9-32(10-21-40)11-24-42-43-25-16-36(49-43)29-34-14-15-35(48-34)30-37-17-26-45(50-37)47(46-28-27-44(42)51-46)33-12-22-41(23-13-33)53(54)55;/h2-30H,1H3;/q-2;+2/b24-11+,34-29?,35-30?,36-29?,37-30?,43-42?,44-42?,47-45?,47-46?;. The van der Waals surface area contributed by atoms with Crippen molar-refractivity contribution >= 4 is 81.3 Å². The second-order valence-corrected chi connectivity index (χ2v) is 13.3. The first-order valence-corrected chi connectivity index (χ1v) is 17.9. The maximum atomic E-state index is 11.5. The summed E-state index contributed by atoms with van der Waals surface area (Å²) < 4.78 is 0. The van der Waals surface area contributed by atoms with Crippen LogP contribution in [0.25, 0.3) is 69.6 Å². The van der Waals surface area contributed by atoms with Crippen molar-refractivity contribution in [1.29, 1.82) is 0 Å². The Hall–Kier alpha value is -6.96. The Labute approximate surface area is 336 Å². The van der Waals surface area contributed by atoms with Gasteiger partial charge >= 0.3 is 19.5 Å². The average molecular weight is 778 g/mol. The van der Waals surface area contributed by atoms with E-state index in [4.69, 9.17) is 19.9 Å². The topological polar surface area (TPSA) is 100 Å². The first kappa shape index (κ1) is 36.0. The van der Waals surface area contributed by atoms with Crippen molar-refractivity contribution in [3.8, 4) is 11.1 Å². The van der Waals surface area contributed by atoms with Gasteiger partial charge in [-0.1, -0.05) is 96.6 Å². The van der Waals surface area contributed by atoms with Crippen molar-refractivity contribution in [2.45, 2.75) is 6.92 Å². The van der Waals surface area contributed by atoms with Gasteiger partial charge in [-0.25, -0.2) is 9.97 Å². The Kier molecular flexibility index (Phi) is 9.92. The number of nitrogens with zero attached hydrogens (tertiary/aromatic N) is 6. The number of non-ortho nitro benzene ring substituents is 1. The molecule has 5 heterocycles.